The van der Waals surface area contributed by atoms with Gasteiger partial charge in [-0.3, -0.25) is 0 Å². The number of carbonyl (C=O) groups excluding carboxylic acids is 1. The van der Waals surface area contributed by atoms with Crippen LogP contribution >= 0.6 is 11.8 Å². The maximum Gasteiger partial charge on any atom is 0.344 e. The molecule has 29 heavy (non-hydrogen) atoms. The van der Waals surface area contributed by atoms with Crippen LogP contribution in [0.4, 0.5) is 5.69 Å². The van der Waals surface area contributed by atoms with E-state index < -0.39 is 5.97 Å². The minimum absolute atomic E-state index is 0.0498. The van der Waals surface area contributed by atoms with Crippen molar-refractivity contribution in [3.05, 3.63) is 70.3 Å². The van der Waals surface area contributed by atoms with E-state index in [1.807, 2.05) is 24.3 Å². The van der Waals surface area contributed by atoms with E-state index in [0.29, 0.717) is 27.1 Å². The lowest BCUT2D eigenvalue weighted by Gasteiger charge is -2.05. The number of aliphatic hydroxyl groups excluding tert-OH is 1. The van der Waals surface area contributed by atoms with Crippen LogP contribution in [0.2, 0.25) is 0 Å². The SMILES string of the molecule is CCOC(=O)C1=C(O)/C(=C/c2ccccc2OC)SC1=Nc1ccc(OC)cc1. The zero-order valence-electron chi connectivity index (χ0n) is 16.3. The maximum atomic E-state index is 12.5. The van der Waals surface area contributed by atoms with Gasteiger partial charge in [-0.1, -0.05) is 30.0 Å². The van der Waals surface area contributed by atoms with Crippen molar-refractivity contribution in [3.63, 3.8) is 0 Å². The van der Waals surface area contributed by atoms with Gasteiger partial charge >= 0.3 is 5.97 Å². The van der Waals surface area contributed by atoms with E-state index in [0.717, 1.165) is 5.56 Å². The van der Waals surface area contributed by atoms with Gasteiger partial charge in [0.2, 0.25) is 0 Å². The molecule has 1 heterocycles. The van der Waals surface area contributed by atoms with Crippen molar-refractivity contribution in [2.75, 3.05) is 20.8 Å². The first kappa shape index (κ1) is 20.5. The second-order valence-corrected chi connectivity index (χ2v) is 6.94. The van der Waals surface area contributed by atoms with E-state index in [2.05, 4.69) is 4.99 Å². The molecule has 0 amide bonds. The third kappa shape index (κ3) is 4.63. The van der Waals surface area contributed by atoms with Gasteiger partial charge in [-0.05, 0) is 43.3 Å². The molecule has 1 aliphatic heterocycles. The summed E-state index contributed by atoms with van der Waals surface area (Å²) in [5.41, 5.74) is 1.45. The minimum Gasteiger partial charge on any atom is -0.506 e. The molecule has 150 valence electrons. The van der Waals surface area contributed by atoms with E-state index in [1.54, 1.807) is 51.5 Å². The average Bonchev–Trinajstić information content (AvgIpc) is 3.04. The summed E-state index contributed by atoms with van der Waals surface area (Å²) in [6.07, 6.45) is 1.76. The van der Waals surface area contributed by atoms with E-state index in [1.165, 1.54) is 11.8 Å². The van der Waals surface area contributed by atoms with E-state index in [-0.39, 0.29) is 17.9 Å². The Labute approximate surface area is 173 Å². The summed E-state index contributed by atoms with van der Waals surface area (Å²) in [5.74, 6) is 0.584. The molecule has 0 unspecified atom stereocenters. The van der Waals surface area contributed by atoms with Crippen molar-refractivity contribution in [3.8, 4) is 11.5 Å². The van der Waals surface area contributed by atoms with Gasteiger partial charge in [0, 0.05) is 5.56 Å². The molecule has 6 nitrogen and oxygen atoms in total. The molecule has 1 N–H and O–H groups in total. The number of rotatable bonds is 6. The summed E-state index contributed by atoms with van der Waals surface area (Å²) < 4.78 is 15.6. The van der Waals surface area contributed by atoms with Crippen LogP contribution in [-0.4, -0.2) is 36.9 Å². The number of esters is 1. The molecule has 2 aromatic rings. The number of para-hydroxylation sites is 1. The Bertz CT molecular complexity index is 993. The zero-order chi connectivity index (χ0) is 20.8. The van der Waals surface area contributed by atoms with E-state index in [4.69, 9.17) is 14.2 Å². The molecule has 0 atom stereocenters. The van der Waals surface area contributed by atoms with Crippen LogP contribution in [0, 0.1) is 0 Å². The highest BCUT2D eigenvalue weighted by Crippen LogP contribution is 2.41. The van der Waals surface area contributed by atoms with Gasteiger partial charge < -0.3 is 19.3 Å². The number of aliphatic imine (C=N–C) groups is 1. The van der Waals surface area contributed by atoms with Gasteiger partial charge in [0.1, 0.15) is 27.9 Å². The van der Waals surface area contributed by atoms with Gasteiger partial charge in [0.15, 0.2) is 0 Å². The highest BCUT2D eigenvalue weighted by atomic mass is 32.2. The molecule has 0 aliphatic carbocycles. The molecule has 7 heteroatoms. The summed E-state index contributed by atoms with van der Waals surface area (Å²) >= 11 is 1.20. The maximum absolute atomic E-state index is 12.5. The summed E-state index contributed by atoms with van der Waals surface area (Å²) in [7, 11) is 3.16. The molecule has 1 aliphatic rings. The first-order chi connectivity index (χ1) is 14.1. The first-order valence-corrected chi connectivity index (χ1v) is 9.75. The Morgan fingerprint density at radius 1 is 1.10 bits per heavy atom. The minimum atomic E-state index is -0.617. The lowest BCUT2D eigenvalue weighted by molar-refractivity contribution is -0.138. The van der Waals surface area contributed by atoms with Crippen LogP contribution in [0.1, 0.15) is 12.5 Å². The Morgan fingerprint density at radius 2 is 1.83 bits per heavy atom. The Hall–Kier alpha value is -3.19. The lowest BCUT2D eigenvalue weighted by Crippen LogP contribution is -2.12. The first-order valence-electron chi connectivity index (χ1n) is 8.93. The molecule has 0 fully saturated rings. The van der Waals surface area contributed by atoms with Crippen LogP contribution in [0.25, 0.3) is 6.08 Å². The van der Waals surface area contributed by atoms with Gasteiger partial charge in [0.05, 0.1) is 31.4 Å². The Kier molecular flexibility index (Phi) is 6.61. The highest BCUT2D eigenvalue weighted by Gasteiger charge is 2.33. The van der Waals surface area contributed by atoms with Crippen LogP contribution in [0.15, 0.2) is 69.8 Å². The fraction of sp³-hybridized carbons (Fsp3) is 0.182. The predicted molar refractivity (Wildman–Crippen MR) is 115 cm³/mol. The largest absolute Gasteiger partial charge is 0.506 e. The third-order valence-electron chi connectivity index (χ3n) is 4.10. The van der Waals surface area contributed by atoms with Crippen molar-refractivity contribution >= 4 is 34.5 Å². The predicted octanol–water partition coefficient (Wildman–Crippen LogP) is 4.90. The number of nitrogens with zero attached hydrogens (tertiary/aromatic N) is 1. The molecule has 3 rings (SSSR count). The molecular weight excluding hydrogens is 390 g/mol. The van der Waals surface area contributed by atoms with Crippen molar-refractivity contribution < 1.29 is 24.1 Å². The van der Waals surface area contributed by atoms with Gasteiger partial charge in [-0.25, -0.2) is 9.79 Å². The second kappa shape index (κ2) is 9.34. The van der Waals surface area contributed by atoms with Gasteiger partial charge in [0.25, 0.3) is 0 Å². The number of thioether (sulfide) groups is 1. The number of aliphatic hydroxyl groups is 1. The Morgan fingerprint density at radius 3 is 2.48 bits per heavy atom. The third-order valence-corrected chi connectivity index (χ3v) is 5.12. The van der Waals surface area contributed by atoms with Crippen LogP contribution < -0.4 is 9.47 Å². The van der Waals surface area contributed by atoms with Crippen molar-refractivity contribution in [1.29, 1.82) is 0 Å². The summed E-state index contributed by atoms with van der Waals surface area (Å²) in [5, 5.41) is 11.1. The van der Waals surface area contributed by atoms with Crippen molar-refractivity contribution in [2.24, 2.45) is 4.99 Å². The fourth-order valence-electron chi connectivity index (χ4n) is 2.69. The summed E-state index contributed by atoms with van der Waals surface area (Å²) in [4.78, 5) is 17.5. The number of carbonyl (C=O) groups is 1. The normalized spacial score (nSPS) is 16.4. The quantitative estimate of drug-likeness (QED) is 0.682. The smallest absolute Gasteiger partial charge is 0.344 e. The molecule has 0 saturated heterocycles. The zero-order valence-corrected chi connectivity index (χ0v) is 17.2. The standard InChI is InChI=1S/C22H21NO5S/c1-4-28-22(25)19-20(24)18(13-14-7-5-6-8-17(14)27-3)29-21(19)23-15-9-11-16(26-2)12-10-15/h5-13,24H,4H2,1-3H3/b18-13-,23-21?. The van der Waals surface area contributed by atoms with Crippen LogP contribution in [0.5, 0.6) is 11.5 Å². The molecule has 0 radical (unpaired) electrons. The molecule has 0 saturated carbocycles. The summed E-state index contributed by atoms with van der Waals surface area (Å²) in [6.45, 7) is 1.91. The number of methoxy groups -OCH3 is 2. The van der Waals surface area contributed by atoms with Crippen molar-refractivity contribution in [1.82, 2.24) is 0 Å². The van der Waals surface area contributed by atoms with E-state index >= 15 is 0 Å². The number of benzene rings is 2. The van der Waals surface area contributed by atoms with E-state index in [9.17, 15) is 9.90 Å². The monoisotopic (exact) mass is 411 g/mol. The van der Waals surface area contributed by atoms with Crippen LogP contribution in [0.3, 0.4) is 0 Å². The van der Waals surface area contributed by atoms with Gasteiger partial charge in [-0.15, -0.1) is 0 Å². The molecule has 0 bridgehead atoms. The molecule has 0 spiro atoms. The van der Waals surface area contributed by atoms with Crippen LogP contribution in [-0.2, 0) is 9.53 Å². The number of hydrogen-bond donors (Lipinski definition) is 1. The fourth-order valence-corrected chi connectivity index (χ4v) is 3.72. The van der Waals surface area contributed by atoms with Crippen molar-refractivity contribution in [2.45, 2.75) is 6.92 Å². The second-order valence-electron chi connectivity index (χ2n) is 5.91. The molecule has 2 aromatic carbocycles. The molecule has 0 aromatic heterocycles. The lowest BCUT2D eigenvalue weighted by atomic mass is 10.1. The Balaban J connectivity index is 2.04. The average molecular weight is 411 g/mol. The molecular formula is C22H21NO5S. The van der Waals surface area contributed by atoms with Gasteiger partial charge in [-0.2, -0.15) is 0 Å². The highest BCUT2D eigenvalue weighted by molar-refractivity contribution is 8.18. The topological polar surface area (TPSA) is 77.4 Å². The number of hydrogen-bond acceptors (Lipinski definition) is 7. The number of ether oxygens (including phenoxy) is 3. The summed E-state index contributed by atoms with van der Waals surface area (Å²) in [6, 6.07) is 14.5.